The van der Waals surface area contributed by atoms with Gasteiger partial charge in [-0.15, -0.1) is 11.6 Å². The number of alkyl halides is 1. The van der Waals surface area contributed by atoms with Gasteiger partial charge >= 0.3 is 0 Å². The van der Waals surface area contributed by atoms with Crippen LogP contribution in [-0.2, 0) is 6.54 Å². The van der Waals surface area contributed by atoms with Crippen molar-refractivity contribution in [1.29, 1.82) is 0 Å². The summed E-state index contributed by atoms with van der Waals surface area (Å²) in [7, 11) is 1.67. The van der Waals surface area contributed by atoms with Crippen LogP contribution in [-0.4, -0.2) is 27.7 Å². The minimum atomic E-state index is -0.134. The Morgan fingerprint density at radius 2 is 2.15 bits per heavy atom. The van der Waals surface area contributed by atoms with Crippen molar-refractivity contribution in [3.8, 4) is 5.75 Å². The number of nitrogens with zero attached hydrogens (tertiary/aromatic N) is 2. The standard InChI is InChI=1S/C15H21ClN2OS/c1-10(16)14-17-13-11(7-6-8-12(13)19-4)18(14)9-15(2,3)20-5/h6-8,10H,9H2,1-5H3. The van der Waals surface area contributed by atoms with Gasteiger partial charge in [0.15, 0.2) is 0 Å². The molecule has 0 aliphatic heterocycles. The summed E-state index contributed by atoms with van der Waals surface area (Å²) in [6.07, 6.45) is 2.13. The zero-order valence-corrected chi connectivity index (χ0v) is 14.2. The number of halogens is 1. The number of imidazole rings is 1. The molecule has 5 heteroatoms. The number of para-hydroxylation sites is 1. The van der Waals surface area contributed by atoms with E-state index in [1.54, 1.807) is 7.11 Å². The van der Waals surface area contributed by atoms with Crippen LogP contribution in [0.3, 0.4) is 0 Å². The third-order valence-corrected chi connectivity index (χ3v) is 4.87. The van der Waals surface area contributed by atoms with E-state index in [2.05, 4.69) is 30.7 Å². The molecule has 0 amide bonds. The van der Waals surface area contributed by atoms with Crippen LogP contribution in [0.1, 0.15) is 32.0 Å². The zero-order valence-electron chi connectivity index (χ0n) is 12.6. The van der Waals surface area contributed by atoms with Gasteiger partial charge in [0.25, 0.3) is 0 Å². The highest BCUT2D eigenvalue weighted by atomic mass is 35.5. The van der Waals surface area contributed by atoms with Gasteiger partial charge in [0.1, 0.15) is 17.1 Å². The van der Waals surface area contributed by atoms with Crippen LogP contribution < -0.4 is 4.74 Å². The van der Waals surface area contributed by atoms with E-state index in [1.807, 2.05) is 30.8 Å². The van der Waals surface area contributed by atoms with Crippen molar-refractivity contribution in [2.24, 2.45) is 0 Å². The first kappa shape index (κ1) is 15.5. The molecule has 1 atom stereocenters. The Balaban J connectivity index is 2.64. The van der Waals surface area contributed by atoms with Crippen LogP contribution in [0.25, 0.3) is 11.0 Å². The number of benzene rings is 1. The molecule has 2 rings (SSSR count). The average Bonchev–Trinajstić information content (AvgIpc) is 2.77. The molecule has 0 saturated heterocycles. The Bertz CT molecular complexity index is 607. The lowest BCUT2D eigenvalue weighted by Crippen LogP contribution is -2.23. The van der Waals surface area contributed by atoms with Crippen LogP contribution >= 0.6 is 23.4 Å². The molecule has 1 heterocycles. The fraction of sp³-hybridized carbons (Fsp3) is 0.533. The summed E-state index contributed by atoms with van der Waals surface area (Å²) < 4.78 is 7.74. The van der Waals surface area contributed by atoms with E-state index in [0.717, 1.165) is 29.2 Å². The first-order valence-corrected chi connectivity index (χ1v) is 8.28. The minimum absolute atomic E-state index is 0.122. The third-order valence-electron chi connectivity index (χ3n) is 3.44. The summed E-state index contributed by atoms with van der Waals surface area (Å²) in [6.45, 7) is 7.28. The molecule has 1 unspecified atom stereocenters. The quantitative estimate of drug-likeness (QED) is 0.761. The van der Waals surface area contributed by atoms with E-state index in [-0.39, 0.29) is 10.1 Å². The fourth-order valence-corrected chi connectivity index (χ4v) is 2.64. The molecular weight excluding hydrogens is 292 g/mol. The van der Waals surface area contributed by atoms with Gasteiger partial charge in [0.05, 0.1) is 18.0 Å². The van der Waals surface area contributed by atoms with Crippen LogP contribution in [0.15, 0.2) is 18.2 Å². The van der Waals surface area contributed by atoms with Crippen molar-refractivity contribution in [2.45, 2.75) is 37.4 Å². The fourth-order valence-electron chi connectivity index (χ4n) is 2.22. The lowest BCUT2D eigenvalue weighted by atomic mass is 10.2. The molecule has 2 aromatic rings. The van der Waals surface area contributed by atoms with Crippen molar-refractivity contribution in [3.05, 3.63) is 24.0 Å². The van der Waals surface area contributed by atoms with Crippen molar-refractivity contribution in [3.63, 3.8) is 0 Å². The molecule has 0 saturated carbocycles. The van der Waals surface area contributed by atoms with Crippen LogP contribution in [0.2, 0.25) is 0 Å². The molecule has 0 bridgehead atoms. The molecule has 0 N–H and O–H groups in total. The molecule has 110 valence electrons. The van der Waals surface area contributed by atoms with Gasteiger partial charge in [0, 0.05) is 11.3 Å². The predicted octanol–water partition coefficient (Wildman–Crippen LogP) is 4.49. The van der Waals surface area contributed by atoms with E-state index >= 15 is 0 Å². The molecular formula is C15H21ClN2OS. The average molecular weight is 313 g/mol. The largest absolute Gasteiger partial charge is 0.494 e. The van der Waals surface area contributed by atoms with E-state index in [9.17, 15) is 0 Å². The molecule has 0 radical (unpaired) electrons. The highest BCUT2D eigenvalue weighted by Gasteiger charge is 2.23. The Kier molecular flexibility index (Phi) is 4.55. The van der Waals surface area contributed by atoms with Gasteiger partial charge < -0.3 is 9.30 Å². The predicted molar refractivity (Wildman–Crippen MR) is 88.1 cm³/mol. The van der Waals surface area contributed by atoms with Gasteiger partial charge in [-0.25, -0.2) is 4.98 Å². The number of rotatable bonds is 5. The molecule has 0 spiro atoms. The number of hydrogen-bond donors (Lipinski definition) is 0. The van der Waals surface area contributed by atoms with Crippen molar-refractivity contribution in [2.75, 3.05) is 13.4 Å². The minimum Gasteiger partial charge on any atom is -0.494 e. The number of thioether (sulfide) groups is 1. The number of hydrogen-bond acceptors (Lipinski definition) is 3. The summed E-state index contributed by atoms with van der Waals surface area (Å²) in [4.78, 5) is 4.70. The van der Waals surface area contributed by atoms with Gasteiger partial charge in [0.2, 0.25) is 0 Å². The van der Waals surface area contributed by atoms with Crippen LogP contribution in [0, 0.1) is 0 Å². The Hall–Kier alpha value is -0.870. The smallest absolute Gasteiger partial charge is 0.146 e. The first-order valence-electron chi connectivity index (χ1n) is 6.62. The molecule has 20 heavy (non-hydrogen) atoms. The molecule has 0 aliphatic carbocycles. The second-order valence-electron chi connectivity index (χ2n) is 5.46. The molecule has 0 fully saturated rings. The second-order valence-corrected chi connectivity index (χ2v) is 7.63. The maximum Gasteiger partial charge on any atom is 0.146 e. The van der Waals surface area contributed by atoms with E-state index in [0.29, 0.717) is 0 Å². The highest BCUT2D eigenvalue weighted by molar-refractivity contribution is 7.99. The number of ether oxygens (including phenoxy) is 1. The van der Waals surface area contributed by atoms with Crippen molar-refractivity contribution in [1.82, 2.24) is 9.55 Å². The van der Waals surface area contributed by atoms with Gasteiger partial charge in [-0.2, -0.15) is 11.8 Å². The van der Waals surface area contributed by atoms with Gasteiger partial charge in [-0.1, -0.05) is 6.07 Å². The van der Waals surface area contributed by atoms with Gasteiger partial charge in [-0.3, -0.25) is 0 Å². The monoisotopic (exact) mass is 312 g/mol. The lowest BCUT2D eigenvalue weighted by Gasteiger charge is -2.24. The van der Waals surface area contributed by atoms with E-state index < -0.39 is 0 Å². The molecule has 1 aromatic heterocycles. The maximum absolute atomic E-state index is 6.32. The summed E-state index contributed by atoms with van der Waals surface area (Å²) >= 11 is 8.16. The Morgan fingerprint density at radius 3 is 2.70 bits per heavy atom. The maximum atomic E-state index is 6.32. The third kappa shape index (κ3) is 2.91. The molecule has 3 nitrogen and oxygen atoms in total. The zero-order chi connectivity index (χ0) is 14.9. The van der Waals surface area contributed by atoms with E-state index in [4.69, 9.17) is 21.3 Å². The first-order chi connectivity index (χ1) is 9.39. The van der Waals surface area contributed by atoms with Gasteiger partial charge in [-0.05, 0) is 39.2 Å². The Labute approximate surface area is 129 Å². The lowest BCUT2D eigenvalue weighted by molar-refractivity contribution is 0.419. The number of fused-ring (bicyclic) bond motifs is 1. The number of aromatic nitrogens is 2. The van der Waals surface area contributed by atoms with E-state index in [1.165, 1.54) is 0 Å². The summed E-state index contributed by atoms with van der Waals surface area (Å²) in [5, 5.41) is -0.134. The van der Waals surface area contributed by atoms with Crippen molar-refractivity contribution >= 4 is 34.4 Å². The summed E-state index contributed by atoms with van der Waals surface area (Å²) in [6, 6.07) is 6.00. The summed E-state index contributed by atoms with van der Waals surface area (Å²) in [5.74, 6) is 1.69. The molecule has 0 aliphatic rings. The van der Waals surface area contributed by atoms with Crippen LogP contribution in [0.4, 0.5) is 0 Å². The van der Waals surface area contributed by atoms with Crippen molar-refractivity contribution < 1.29 is 4.74 Å². The normalized spacial score (nSPS) is 13.7. The highest BCUT2D eigenvalue weighted by Crippen LogP contribution is 2.33. The SMILES string of the molecule is COc1cccc2c1nc(C(C)Cl)n2CC(C)(C)SC. The molecule has 1 aromatic carbocycles. The summed E-state index contributed by atoms with van der Waals surface area (Å²) in [5.41, 5.74) is 1.96. The van der Waals surface area contributed by atoms with Crippen LogP contribution in [0.5, 0.6) is 5.75 Å². The topological polar surface area (TPSA) is 27.1 Å². The Morgan fingerprint density at radius 1 is 1.45 bits per heavy atom. The second kappa shape index (κ2) is 5.86. The number of methoxy groups -OCH3 is 1.